The van der Waals surface area contributed by atoms with Gasteiger partial charge in [-0.2, -0.15) is 0 Å². The predicted octanol–water partition coefficient (Wildman–Crippen LogP) is 2.70. The average Bonchev–Trinajstić information content (AvgIpc) is 2.92. The van der Waals surface area contributed by atoms with Crippen LogP contribution in [0.25, 0.3) is 0 Å². The van der Waals surface area contributed by atoms with E-state index in [-0.39, 0.29) is 0 Å². The molecular weight excluding hydrogens is 280 g/mol. The summed E-state index contributed by atoms with van der Waals surface area (Å²) in [6, 6.07) is 10.2. The van der Waals surface area contributed by atoms with Crippen LogP contribution in [0.3, 0.4) is 0 Å². The van der Waals surface area contributed by atoms with Crippen molar-refractivity contribution in [2.24, 2.45) is 5.73 Å². The fraction of sp³-hybridized carbons (Fsp3) is 0.294. The molecular formula is C17H20N2OS. The van der Waals surface area contributed by atoms with E-state index in [0.717, 1.165) is 24.4 Å². The smallest absolute Gasteiger partial charge is 0.119 e. The van der Waals surface area contributed by atoms with Gasteiger partial charge in [-0.15, -0.1) is 11.3 Å². The number of thiophene rings is 1. The van der Waals surface area contributed by atoms with Crippen LogP contribution in [0.4, 0.5) is 0 Å². The number of benzene rings is 1. The molecule has 0 fully saturated rings. The molecule has 0 radical (unpaired) electrons. The molecule has 2 aromatic rings. The third kappa shape index (κ3) is 4.61. The van der Waals surface area contributed by atoms with Gasteiger partial charge in [0, 0.05) is 23.5 Å². The summed E-state index contributed by atoms with van der Waals surface area (Å²) in [6.07, 6.45) is 0. The van der Waals surface area contributed by atoms with Crippen LogP contribution < -0.4 is 10.5 Å². The van der Waals surface area contributed by atoms with Crippen LogP contribution >= 0.6 is 11.3 Å². The lowest BCUT2D eigenvalue weighted by Crippen LogP contribution is -2.17. The Labute approximate surface area is 130 Å². The first kappa shape index (κ1) is 15.6. The van der Waals surface area contributed by atoms with Crippen molar-refractivity contribution in [3.05, 3.63) is 51.7 Å². The highest BCUT2D eigenvalue weighted by Gasteiger charge is 2.07. The van der Waals surface area contributed by atoms with Crippen LogP contribution in [-0.2, 0) is 13.1 Å². The van der Waals surface area contributed by atoms with Crippen molar-refractivity contribution in [2.45, 2.75) is 13.1 Å². The minimum atomic E-state index is 0.398. The first-order valence-electron chi connectivity index (χ1n) is 6.79. The van der Waals surface area contributed by atoms with E-state index in [2.05, 4.69) is 47.4 Å². The van der Waals surface area contributed by atoms with Crippen molar-refractivity contribution < 1.29 is 4.74 Å². The molecule has 0 aliphatic rings. The van der Waals surface area contributed by atoms with E-state index in [4.69, 9.17) is 10.5 Å². The number of hydrogen-bond donors (Lipinski definition) is 1. The van der Waals surface area contributed by atoms with Crippen molar-refractivity contribution in [2.75, 3.05) is 20.7 Å². The molecule has 0 atom stereocenters. The lowest BCUT2D eigenvalue weighted by molar-refractivity contribution is 0.321. The zero-order valence-electron chi connectivity index (χ0n) is 12.4. The summed E-state index contributed by atoms with van der Waals surface area (Å²) in [4.78, 5) is 3.55. The van der Waals surface area contributed by atoms with Crippen LogP contribution in [-0.4, -0.2) is 25.6 Å². The molecule has 110 valence electrons. The van der Waals surface area contributed by atoms with Crippen molar-refractivity contribution in [3.63, 3.8) is 0 Å². The highest BCUT2D eigenvalue weighted by atomic mass is 32.1. The van der Waals surface area contributed by atoms with Crippen molar-refractivity contribution >= 4 is 11.3 Å². The molecule has 0 saturated carbocycles. The Morgan fingerprint density at radius 1 is 1.29 bits per heavy atom. The van der Waals surface area contributed by atoms with E-state index >= 15 is 0 Å². The number of nitrogens with zero attached hydrogens (tertiary/aromatic N) is 1. The molecule has 0 amide bonds. The van der Waals surface area contributed by atoms with E-state index in [9.17, 15) is 0 Å². The molecule has 0 spiro atoms. The fourth-order valence-corrected chi connectivity index (χ4v) is 3.01. The Kier molecular flexibility index (Phi) is 5.82. The summed E-state index contributed by atoms with van der Waals surface area (Å²) in [5.74, 6) is 6.94. The Balaban J connectivity index is 2.01. The molecule has 21 heavy (non-hydrogen) atoms. The van der Waals surface area contributed by atoms with Gasteiger partial charge in [0.1, 0.15) is 5.75 Å². The molecule has 0 aliphatic heterocycles. The average molecular weight is 300 g/mol. The fourth-order valence-electron chi connectivity index (χ4n) is 2.10. The molecule has 4 heteroatoms. The maximum Gasteiger partial charge on any atom is 0.119 e. The predicted molar refractivity (Wildman–Crippen MR) is 88.4 cm³/mol. The summed E-state index contributed by atoms with van der Waals surface area (Å²) in [5.41, 5.74) is 7.76. The molecule has 3 nitrogen and oxygen atoms in total. The molecule has 0 saturated heterocycles. The summed E-state index contributed by atoms with van der Waals surface area (Å²) in [7, 11) is 3.80. The third-order valence-electron chi connectivity index (χ3n) is 3.07. The largest absolute Gasteiger partial charge is 0.497 e. The van der Waals surface area contributed by atoms with Gasteiger partial charge < -0.3 is 10.5 Å². The maximum atomic E-state index is 5.43. The zero-order valence-corrected chi connectivity index (χ0v) is 13.2. The van der Waals surface area contributed by atoms with Crippen LogP contribution in [0.1, 0.15) is 16.0 Å². The highest BCUT2D eigenvalue weighted by Crippen LogP contribution is 2.19. The number of rotatable bonds is 5. The highest BCUT2D eigenvalue weighted by molar-refractivity contribution is 7.10. The normalized spacial score (nSPS) is 10.3. The van der Waals surface area contributed by atoms with Gasteiger partial charge in [-0.05, 0) is 36.2 Å². The monoisotopic (exact) mass is 300 g/mol. The Morgan fingerprint density at radius 2 is 2.14 bits per heavy atom. The lowest BCUT2D eigenvalue weighted by Gasteiger charge is -2.16. The topological polar surface area (TPSA) is 38.5 Å². The van der Waals surface area contributed by atoms with Gasteiger partial charge in [-0.3, -0.25) is 4.90 Å². The Bertz CT molecular complexity index is 639. The van der Waals surface area contributed by atoms with Crippen LogP contribution in [0.2, 0.25) is 0 Å². The van der Waals surface area contributed by atoms with E-state index < -0.39 is 0 Å². The summed E-state index contributed by atoms with van der Waals surface area (Å²) >= 11 is 1.74. The van der Waals surface area contributed by atoms with E-state index in [1.807, 2.05) is 12.1 Å². The van der Waals surface area contributed by atoms with Crippen LogP contribution in [0, 0.1) is 11.8 Å². The van der Waals surface area contributed by atoms with Crippen molar-refractivity contribution in [3.8, 4) is 17.6 Å². The number of hydrogen-bond acceptors (Lipinski definition) is 4. The van der Waals surface area contributed by atoms with Crippen LogP contribution in [0.15, 0.2) is 35.7 Å². The van der Waals surface area contributed by atoms with Gasteiger partial charge in [0.2, 0.25) is 0 Å². The lowest BCUT2D eigenvalue weighted by atomic mass is 10.2. The number of nitrogens with two attached hydrogens (primary N) is 1. The van der Waals surface area contributed by atoms with Gasteiger partial charge in [-0.1, -0.05) is 24.0 Å². The van der Waals surface area contributed by atoms with E-state index in [1.165, 1.54) is 10.4 Å². The molecule has 0 aliphatic carbocycles. The second-order valence-electron chi connectivity index (χ2n) is 4.79. The van der Waals surface area contributed by atoms with Gasteiger partial charge in [-0.25, -0.2) is 0 Å². The van der Waals surface area contributed by atoms with E-state index in [1.54, 1.807) is 18.4 Å². The first-order valence-corrected chi connectivity index (χ1v) is 7.67. The molecule has 1 aromatic heterocycles. The minimum absolute atomic E-state index is 0.398. The van der Waals surface area contributed by atoms with Gasteiger partial charge in [0.15, 0.2) is 0 Å². The summed E-state index contributed by atoms with van der Waals surface area (Å²) in [6.45, 7) is 2.15. The van der Waals surface area contributed by atoms with Gasteiger partial charge >= 0.3 is 0 Å². The van der Waals surface area contributed by atoms with Crippen molar-refractivity contribution in [1.29, 1.82) is 0 Å². The third-order valence-corrected chi connectivity index (χ3v) is 3.98. The second kappa shape index (κ2) is 7.84. The SMILES string of the molecule is COc1cccc(CN(C)Cc2sccc2C#CCN)c1. The Hall–Kier alpha value is -1.80. The Morgan fingerprint density at radius 3 is 2.90 bits per heavy atom. The van der Waals surface area contributed by atoms with Gasteiger partial charge in [0.25, 0.3) is 0 Å². The maximum absolute atomic E-state index is 5.43. The summed E-state index contributed by atoms with van der Waals surface area (Å²) in [5, 5.41) is 2.08. The first-order chi connectivity index (χ1) is 10.2. The van der Waals surface area contributed by atoms with E-state index in [0.29, 0.717) is 6.54 Å². The van der Waals surface area contributed by atoms with Crippen LogP contribution in [0.5, 0.6) is 5.75 Å². The molecule has 1 aromatic carbocycles. The zero-order chi connectivity index (χ0) is 15.1. The quantitative estimate of drug-likeness (QED) is 0.863. The molecule has 0 unspecified atom stereocenters. The molecule has 0 bridgehead atoms. The standard InChI is InChI=1S/C17H20N2OS/c1-19(12-14-5-3-7-16(11-14)20-2)13-17-15(6-4-9-18)8-10-21-17/h3,5,7-8,10-11H,9,12-13,18H2,1-2H3. The van der Waals surface area contributed by atoms with Crippen molar-refractivity contribution in [1.82, 2.24) is 4.90 Å². The minimum Gasteiger partial charge on any atom is -0.497 e. The van der Waals surface area contributed by atoms with Gasteiger partial charge in [0.05, 0.1) is 13.7 Å². The molecule has 2 rings (SSSR count). The number of ether oxygens (including phenoxy) is 1. The summed E-state index contributed by atoms with van der Waals surface area (Å²) < 4.78 is 5.26. The molecule has 2 N–H and O–H groups in total. The number of methoxy groups -OCH3 is 1. The molecule has 1 heterocycles. The second-order valence-corrected chi connectivity index (χ2v) is 5.79.